The number of fused-ring (bicyclic) bond motifs is 1. The van der Waals surface area contributed by atoms with Gasteiger partial charge in [-0.15, -0.1) is 5.10 Å². The average molecular weight is 401 g/mol. The highest BCUT2D eigenvalue weighted by atomic mass is 35.5. The van der Waals surface area contributed by atoms with Gasteiger partial charge in [0.2, 0.25) is 0 Å². The first-order valence-electron chi connectivity index (χ1n) is 9.22. The van der Waals surface area contributed by atoms with Gasteiger partial charge in [-0.05, 0) is 24.6 Å². The minimum absolute atomic E-state index is 0.0700. The van der Waals surface area contributed by atoms with Crippen LogP contribution < -0.4 is 10.2 Å². The number of hydrogen-bond donors (Lipinski definition) is 1. The predicted octanol–water partition coefficient (Wildman–Crippen LogP) is 1.93. The molecule has 2 aromatic heterocycles. The van der Waals surface area contributed by atoms with Gasteiger partial charge < -0.3 is 15.1 Å². The van der Waals surface area contributed by atoms with Crippen molar-refractivity contribution in [3.8, 4) is 0 Å². The summed E-state index contributed by atoms with van der Waals surface area (Å²) in [5.41, 5.74) is 2.44. The fraction of sp³-hybridized carbons (Fsp3) is 0.389. The van der Waals surface area contributed by atoms with E-state index in [1.165, 1.54) is 0 Å². The van der Waals surface area contributed by atoms with Crippen molar-refractivity contribution >= 4 is 34.6 Å². The molecule has 0 radical (unpaired) electrons. The number of nitrogens with zero attached hydrogens (tertiary/aromatic N) is 7. The topological polar surface area (TPSA) is 92.1 Å². The molecule has 3 heterocycles. The van der Waals surface area contributed by atoms with E-state index in [-0.39, 0.29) is 6.03 Å². The average Bonchev–Trinajstić information content (AvgIpc) is 3.16. The van der Waals surface area contributed by atoms with Crippen LogP contribution >= 0.6 is 11.6 Å². The molecule has 1 fully saturated rings. The SMILES string of the molecule is CCn1nnc2c(N3CCN(C(=O)NCc4ccc(Cl)cc4)CC3)ncnc21. The third-order valence-corrected chi connectivity index (χ3v) is 5.06. The molecular formula is C18H21ClN8O. The van der Waals surface area contributed by atoms with Crippen LogP contribution in [-0.2, 0) is 13.1 Å². The van der Waals surface area contributed by atoms with E-state index in [9.17, 15) is 4.79 Å². The number of piperazine rings is 1. The Kier molecular flexibility index (Phi) is 5.25. The molecule has 0 saturated carbocycles. The van der Waals surface area contributed by atoms with Gasteiger partial charge in [-0.2, -0.15) is 0 Å². The number of halogens is 1. The zero-order valence-electron chi connectivity index (χ0n) is 15.5. The van der Waals surface area contributed by atoms with Crippen LogP contribution in [0.5, 0.6) is 0 Å². The van der Waals surface area contributed by atoms with Gasteiger partial charge in [0.1, 0.15) is 6.33 Å². The van der Waals surface area contributed by atoms with E-state index in [4.69, 9.17) is 11.6 Å². The van der Waals surface area contributed by atoms with Crippen LogP contribution in [0.1, 0.15) is 12.5 Å². The Morgan fingerprint density at radius 2 is 1.89 bits per heavy atom. The van der Waals surface area contributed by atoms with Crippen LogP contribution in [0.4, 0.5) is 10.6 Å². The Morgan fingerprint density at radius 1 is 1.14 bits per heavy atom. The molecule has 2 amide bonds. The number of amides is 2. The van der Waals surface area contributed by atoms with Crippen molar-refractivity contribution in [1.82, 2.24) is 35.2 Å². The fourth-order valence-electron chi connectivity index (χ4n) is 3.24. The first-order valence-corrected chi connectivity index (χ1v) is 9.60. The van der Waals surface area contributed by atoms with Crippen molar-refractivity contribution in [3.05, 3.63) is 41.2 Å². The van der Waals surface area contributed by atoms with E-state index in [2.05, 4.69) is 30.5 Å². The van der Waals surface area contributed by atoms with Gasteiger partial charge >= 0.3 is 6.03 Å². The normalized spacial score (nSPS) is 14.5. The smallest absolute Gasteiger partial charge is 0.317 e. The minimum Gasteiger partial charge on any atom is -0.351 e. The lowest BCUT2D eigenvalue weighted by molar-refractivity contribution is 0.194. The first-order chi connectivity index (χ1) is 13.7. The highest BCUT2D eigenvalue weighted by molar-refractivity contribution is 6.30. The van der Waals surface area contributed by atoms with Crippen LogP contribution in [0, 0.1) is 0 Å². The van der Waals surface area contributed by atoms with Crippen molar-refractivity contribution in [2.24, 2.45) is 0 Å². The Labute approximate surface area is 167 Å². The molecule has 28 heavy (non-hydrogen) atoms. The lowest BCUT2D eigenvalue weighted by atomic mass is 10.2. The summed E-state index contributed by atoms with van der Waals surface area (Å²) in [7, 11) is 0. The molecule has 0 bridgehead atoms. The van der Waals surface area contributed by atoms with Crippen molar-refractivity contribution in [3.63, 3.8) is 0 Å². The fourth-order valence-corrected chi connectivity index (χ4v) is 3.36. The van der Waals surface area contributed by atoms with E-state index in [0.29, 0.717) is 49.8 Å². The molecule has 1 saturated heterocycles. The lowest BCUT2D eigenvalue weighted by Gasteiger charge is -2.35. The highest BCUT2D eigenvalue weighted by Gasteiger charge is 2.24. The van der Waals surface area contributed by atoms with E-state index in [0.717, 1.165) is 17.0 Å². The van der Waals surface area contributed by atoms with Gasteiger partial charge in [0.15, 0.2) is 17.0 Å². The molecule has 0 aliphatic carbocycles. The molecule has 9 nitrogen and oxygen atoms in total. The van der Waals surface area contributed by atoms with Crippen molar-refractivity contribution < 1.29 is 4.79 Å². The van der Waals surface area contributed by atoms with Crippen molar-refractivity contribution in [2.45, 2.75) is 20.0 Å². The number of aryl methyl sites for hydroxylation is 1. The summed E-state index contributed by atoms with van der Waals surface area (Å²) in [6, 6.07) is 7.38. The van der Waals surface area contributed by atoms with Crippen molar-refractivity contribution in [1.29, 1.82) is 0 Å². The minimum atomic E-state index is -0.0700. The molecule has 0 spiro atoms. The van der Waals surface area contributed by atoms with Crippen molar-refractivity contribution in [2.75, 3.05) is 31.1 Å². The zero-order chi connectivity index (χ0) is 19.5. The molecule has 0 unspecified atom stereocenters. The summed E-state index contributed by atoms with van der Waals surface area (Å²) in [4.78, 5) is 25.1. The number of anilines is 1. The summed E-state index contributed by atoms with van der Waals surface area (Å²) in [6.45, 7) is 5.76. The summed E-state index contributed by atoms with van der Waals surface area (Å²) in [6.07, 6.45) is 1.54. The van der Waals surface area contributed by atoms with Gasteiger partial charge in [0.05, 0.1) is 0 Å². The van der Waals surface area contributed by atoms with Gasteiger partial charge in [-0.25, -0.2) is 19.4 Å². The number of aromatic nitrogens is 5. The molecule has 146 valence electrons. The summed E-state index contributed by atoms with van der Waals surface area (Å²) in [5.74, 6) is 0.769. The van der Waals surface area contributed by atoms with Crippen LogP contribution in [0.3, 0.4) is 0 Å². The van der Waals surface area contributed by atoms with Gasteiger partial charge in [-0.3, -0.25) is 0 Å². The maximum absolute atomic E-state index is 12.5. The largest absolute Gasteiger partial charge is 0.351 e. The van der Waals surface area contributed by atoms with Gasteiger partial charge in [-0.1, -0.05) is 28.9 Å². The third kappa shape index (κ3) is 3.70. The molecule has 1 aliphatic heterocycles. The molecule has 1 N–H and O–H groups in total. The van der Waals surface area contributed by atoms with Crippen LogP contribution in [0.25, 0.3) is 11.2 Å². The van der Waals surface area contributed by atoms with E-state index in [1.54, 1.807) is 11.0 Å². The number of nitrogens with one attached hydrogen (secondary N) is 1. The molecule has 0 atom stereocenters. The number of benzene rings is 1. The van der Waals surface area contributed by atoms with Crippen LogP contribution in [0.15, 0.2) is 30.6 Å². The number of urea groups is 1. The molecular weight excluding hydrogens is 380 g/mol. The second-order valence-corrected chi connectivity index (χ2v) is 6.97. The van der Waals surface area contributed by atoms with E-state index in [1.807, 2.05) is 36.1 Å². The Balaban J connectivity index is 1.36. The number of rotatable bonds is 4. The summed E-state index contributed by atoms with van der Waals surface area (Å²) >= 11 is 5.89. The molecule has 3 aromatic rings. The van der Waals surface area contributed by atoms with E-state index >= 15 is 0 Å². The second-order valence-electron chi connectivity index (χ2n) is 6.53. The molecule has 4 rings (SSSR count). The maximum Gasteiger partial charge on any atom is 0.317 e. The Hall–Kier alpha value is -2.94. The maximum atomic E-state index is 12.5. The highest BCUT2D eigenvalue weighted by Crippen LogP contribution is 2.21. The van der Waals surface area contributed by atoms with Crippen LogP contribution in [-0.4, -0.2) is 62.1 Å². The summed E-state index contributed by atoms with van der Waals surface area (Å²) in [5, 5.41) is 12.0. The molecule has 10 heteroatoms. The molecule has 1 aromatic carbocycles. The number of carbonyl (C=O) groups excluding carboxylic acids is 1. The third-order valence-electron chi connectivity index (χ3n) is 4.80. The Bertz CT molecular complexity index is 965. The molecule has 1 aliphatic rings. The van der Waals surface area contributed by atoms with Crippen LogP contribution in [0.2, 0.25) is 5.02 Å². The second kappa shape index (κ2) is 7.97. The summed E-state index contributed by atoms with van der Waals surface area (Å²) < 4.78 is 1.75. The quantitative estimate of drug-likeness (QED) is 0.719. The Morgan fingerprint density at radius 3 is 2.61 bits per heavy atom. The zero-order valence-corrected chi connectivity index (χ0v) is 16.3. The lowest BCUT2D eigenvalue weighted by Crippen LogP contribution is -2.52. The van der Waals surface area contributed by atoms with Gasteiger partial charge in [0, 0.05) is 44.3 Å². The monoisotopic (exact) mass is 400 g/mol. The number of hydrogen-bond acceptors (Lipinski definition) is 6. The van der Waals surface area contributed by atoms with E-state index < -0.39 is 0 Å². The van der Waals surface area contributed by atoms with Gasteiger partial charge in [0.25, 0.3) is 0 Å². The first kappa shape index (κ1) is 18.4. The standard InChI is InChI=1S/C18H21ClN8O/c1-2-27-17-15(23-24-27)16(21-12-22-17)25-7-9-26(10-8-25)18(28)20-11-13-3-5-14(19)6-4-13/h3-6,12H,2,7-11H2,1H3,(H,20,28). The predicted molar refractivity (Wildman–Crippen MR) is 106 cm³/mol. The number of carbonyl (C=O) groups is 1.